The monoisotopic (exact) mass is 229 g/mol. The second-order valence-electron chi connectivity index (χ2n) is 4.20. The Morgan fingerprint density at radius 2 is 2.12 bits per heavy atom. The predicted molar refractivity (Wildman–Crippen MR) is 58.1 cm³/mol. The zero-order chi connectivity index (χ0) is 12.2. The molecule has 1 saturated carbocycles. The lowest BCUT2D eigenvalue weighted by atomic mass is 10.1. The topological polar surface area (TPSA) is 75.6 Å². The van der Waals surface area contributed by atoms with Crippen molar-refractivity contribution in [1.82, 2.24) is 5.32 Å². The van der Waals surface area contributed by atoms with Gasteiger partial charge < -0.3 is 15.2 Å². The number of carbonyl (C=O) groups is 2. The largest absolute Gasteiger partial charge is 0.480 e. The Labute approximate surface area is 95.2 Å². The first-order chi connectivity index (χ1) is 7.55. The Bertz CT molecular complexity index is 273. The van der Waals surface area contributed by atoms with Crippen LogP contribution < -0.4 is 5.32 Å². The van der Waals surface area contributed by atoms with Gasteiger partial charge in [0.25, 0.3) is 5.91 Å². The van der Waals surface area contributed by atoms with E-state index in [4.69, 9.17) is 9.84 Å². The van der Waals surface area contributed by atoms with Crippen molar-refractivity contribution in [2.75, 3.05) is 7.11 Å². The Hall–Kier alpha value is -1.10. The number of nitrogens with one attached hydrogen (secondary N) is 1. The lowest BCUT2D eigenvalue weighted by Gasteiger charge is -2.18. The van der Waals surface area contributed by atoms with Gasteiger partial charge in [0.15, 0.2) is 0 Å². The van der Waals surface area contributed by atoms with Crippen LogP contribution in [0.15, 0.2) is 0 Å². The van der Waals surface area contributed by atoms with E-state index >= 15 is 0 Å². The molecule has 16 heavy (non-hydrogen) atoms. The second-order valence-corrected chi connectivity index (χ2v) is 4.20. The number of methoxy groups -OCH3 is 1. The SMILES string of the molecule is CCCCC(NC(=O)C1(OC)CC1)C(=O)O. The summed E-state index contributed by atoms with van der Waals surface area (Å²) in [4.78, 5) is 22.7. The fourth-order valence-corrected chi connectivity index (χ4v) is 1.59. The van der Waals surface area contributed by atoms with Gasteiger partial charge in [-0.2, -0.15) is 0 Å². The van der Waals surface area contributed by atoms with Crippen LogP contribution in [0.5, 0.6) is 0 Å². The van der Waals surface area contributed by atoms with Gasteiger partial charge in [0, 0.05) is 7.11 Å². The second kappa shape index (κ2) is 5.30. The standard InChI is InChI=1S/C11H19NO4/c1-3-4-5-8(9(13)14)12-10(15)11(16-2)6-7-11/h8H,3-7H2,1-2H3,(H,12,15)(H,13,14). The van der Waals surface area contributed by atoms with E-state index in [0.717, 1.165) is 12.8 Å². The summed E-state index contributed by atoms with van der Waals surface area (Å²) in [6.07, 6.45) is 3.52. The van der Waals surface area contributed by atoms with Crippen LogP contribution in [-0.2, 0) is 14.3 Å². The van der Waals surface area contributed by atoms with E-state index < -0.39 is 17.6 Å². The quantitative estimate of drug-likeness (QED) is 0.680. The van der Waals surface area contributed by atoms with Crippen LogP contribution in [0.3, 0.4) is 0 Å². The first-order valence-electron chi connectivity index (χ1n) is 5.64. The molecule has 2 N–H and O–H groups in total. The molecule has 0 bridgehead atoms. The van der Waals surface area contributed by atoms with Gasteiger partial charge in [-0.3, -0.25) is 4.79 Å². The molecule has 1 aliphatic carbocycles. The summed E-state index contributed by atoms with van der Waals surface area (Å²) in [5, 5.41) is 11.5. The molecule has 5 heteroatoms. The van der Waals surface area contributed by atoms with E-state index in [1.54, 1.807) is 0 Å². The molecule has 0 aromatic rings. The number of rotatable bonds is 7. The highest BCUT2D eigenvalue weighted by atomic mass is 16.5. The van der Waals surface area contributed by atoms with E-state index in [0.29, 0.717) is 19.3 Å². The van der Waals surface area contributed by atoms with Crippen molar-refractivity contribution in [2.24, 2.45) is 0 Å². The van der Waals surface area contributed by atoms with Gasteiger partial charge in [-0.15, -0.1) is 0 Å². The summed E-state index contributed by atoms with van der Waals surface area (Å²) in [6.45, 7) is 1.98. The van der Waals surface area contributed by atoms with Crippen LogP contribution in [-0.4, -0.2) is 35.7 Å². The van der Waals surface area contributed by atoms with Crippen molar-refractivity contribution in [2.45, 2.75) is 50.7 Å². The molecule has 0 heterocycles. The first kappa shape index (κ1) is 13.0. The lowest BCUT2D eigenvalue weighted by molar-refractivity contribution is -0.144. The lowest BCUT2D eigenvalue weighted by Crippen LogP contribution is -2.47. The van der Waals surface area contributed by atoms with Gasteiger partial charge in [-0.1, -0.05) is 19.8 Å². The van der Waals surface area contributed by atoms with Crippen molar-refractivity contribution in [3.8, 4) is 0 Å². The highest BCUT2D eigenvalue weighted by molar-refractivity contribution is 5.91. The number of carbonyl (C=O) groups excluding carboxylic acids is 1. The number of amides is 1. The van der Waals surface area contributed by atoms with Gasteiger partial charge in [0.05, 0.1) is 0 Å². The molecule has 5 nitrogen and oxygen atoms in total. The van der Waals surface area contributed by atoms with Gasteiger partial charge in [0.2, 0.25) is 0 Å². The van der Waals surface area contributed by atoms with E-state index in [1.165, 1.54) is 7.11 Å². The molecule has 0 saturated heterocycles. The molecule has 1 rings (SSSR count). The minimum atomic E-state index is -0.978. The highest BCUT2D eigenvalue weighted by Crippen LogP contribution is 2.39. The van der Waals surface area contributed by atoms with Crippen LogP contribution in [0.2, 0.25) is 0 Å². The van der Waals surface area contributed by atoms with E-state index in [1.807, 2.05) is 6.92 Å². The number of aliphatic carboxylic acids is 1. The van der Waals surface area contributed by atoms with Crippen LogP contribution >= 0.6 is 0 Å². The summed E-state index contributed by atoms with van der Waals surface area (Å²) in [7, 11) is 1.48. The number of hydrogen-bond donors (Lipinski definition) is 2. The molecule has 0 radical (unpaired) electrons. The normalized spacial score (nSPS) is 18.9. The molecule has 0 aromatic heterocycles. The van der Waals surface area contributed by atoms with E-state index in [2.05, 4.69) is 5.32 Å². The maximum Gasteiger partial charge on any atom is 0.326 e. The van der Waals surface area contributed by atoms with E-state index in [9.17, 15) is 9.59 Å². The average molecular weight is 229 g/mol. The zero-order valence-electron chi connectivity index (χ0n) is 9.78. The summed E-state index contributed by atoms with van der Waals surface area (Å²) in [5.41, 5.74) is -0.750. The van der Waals surface area contributed by atoms with Crippen LogP contribution in [0.1, 0.15) is 39.0 Å². The smallest absolute Gasteiger partial charge is 0.326 e. The van der Waals surface area contributed by atoms with Crippen LogP contribution in [0.4, 0.5) is 0 Å². The maximum atomic E-state index is 11.7. The first-order valence-corrected chi connectivity index (χ1v) is 5.64. The molecular weight excluding hydrogens is 210 g/mol. The number of carboxylic acids is 1. The Kier molecular flexibility index (Phi) is 4.29. The van der Waals surface area contributed by atoms with Crippen molar-refractivity contribution in [3.63, 3.8) is 0 Å². The molecule has 1 atom stereocenters. The fraction of sp³-hybridized carbons (Fsp3) is 0.818. The summed E-state index contributed by atoms with van der Waals surface area (Å²) in [5.74, 6) is -1.27. The van der Waals surface area contributed by atoms with Crippen LogP contribution in [0.25, 0.3) is 0 Å². The summed E-state index contributed by atoms with van der Waals surface area (Å²) >= 11 is 0. The molecule has 1 unspecified atom stereocenters. The number of hydrogen-bond acceptors (Lipinski definition) is 3. The van der Waals surface area contributed by atoms with Crippen molar-refractivity contribution >= 4 is 11.9 Å². The Balaban J connectivity index is 2.48. The minimum absolute atomic E-state index is 0.293. The third-order valence-electron chi connectivity index (χ3n) is 2.96. The maximum absolute atomic E-state index is 11.7. The van der Waals surface area contributed by atoms with Gasteiger partial charge >= 0.3 is 5.97 Å². The number of ether oxygens (including phenoxy) is 1. The molecule has 1 amide bonds. The third kappa shape index (κ3) is 2.95. The molecular formula is C11H19NO4. The van der Waals surface area contributed by atoms with Crippen molar-refractivity contribution < 1.29 is 19.4 Å². The Morgan fingerprint density at radius 1 is 1.50 bits per heavy atom. The molecule has 0 aliphatic heterocycles. The van der Waals surface area contributed by atoms with Crippen molar-refractivity contribution in [3.05, 3.63) is 0 Å². The van der Waals surface area contributed by atoms with Gasteiger partial charge in [0.1, 0.15) is 11.6 Å². The Morgan fingerprint density at radius 3 is 2.50 bits per heavy atom. The predicted octanol–water partition coefficient (Wildman–Crippen LogP) is 0.925. The summed E-state index contributed by atoms with van der Waals surface area (Å²) < 4.78 is 5.09. The molecule has 0 spiro atoms. The molecule has 1 fully saturated rings. The fourth-order valence-electron chi connectivity index (χ4n) is 1.59. The summed E-state index contributed by atoms with van der Waals surface area (Å²) in [6, 6.07) is -0.792. The van der Waals surface area contributed by atoms with Crippen molar-refractivity contribution in [1.29, 1.82) is 0 Å². The van der Waals surface area contributed by atoms with E-state index in [-0.39, 0.29) is 5.91 Å². The zero-order valence-corrected chi connectivity index (χ0v) is 9.78. The van der Waals surface area contributed by atoms with Crippen LogP contribution in [0, 0.1) is 0 Å². The number of carboxylic acid groups (broad SMARTS) is 1. The third-order valence-corrected chi connectivity index (χ3v) is 2.96. The average Bonchev–Trinajstić information content (AvgIpc) is 3.04. The molecule has 92 valence electrons. The number of unbranched alkanes of at least 4 members (excludes halogenated alkanes) is 1. The highest BCUT2D eigenvalue weighted by Gasteiger charge is 2.51. The molecule has 1 aliphatic rings. The van der Waals surface area contributed by atoms with Gasteiger partial charge in [-0.05, 0) is 19.3 Å². The minimum Gasteiger partial charge on any atom is -0.480 e. The molecule has 0 aromatic carbocycles. The van der Waals surface area contributed by atoms with Gasteiger partial charge in [-0.25, -0.2) is 4.79 Å².